The van der Waals surface area contributed by atoms with E-state index in [-0.39, 0.29) is 17.4 Å². The number of hydrogen-bond acceptors (Lipinski definition) is 4. The molecule has 0 bridgehead atoms. The van der Waals surface area contributed by atoms with Gasteiger partial charge in [0.15, 0.2) is 11.5 Å². The predicted molar refractivity (Wildman–Crippen MR) is 120 cm³/mol. The molecule has 1 fully saturated rings. The van der Waals surface area contributed by atoms with Crippen molar-refractivity contribution in [3.63, 3.8) is 0 Å². The number of aryl methyl sites for hydroxylation is 1. The van der Waals surface area contributed by atoms with Crippen molar-refractivity contribution in [2.24, 2.45) is 0 Å². The van der Waals surface area contributed by atoms with Crippen molar-refractivity contribution in [1.29, 1.82) is 0 Å². The fourth-order valence-corrected chi connectivity index (χ4v) is 4.18. The largest absolute Gasteiger partial charge is 0.586 e. The highest BCUT2D eigenvalue weighted by Crippen LogP contribution is 2.52. The number of hydrogen-bond donors (Lipinski definition) is 1. The fourth-order valence-electron chi connectivity index (χ4n) is 4.18. The summed E-state index contributed by atoms with van der Waals surface area (Å²) in [7, 11) is 0. The molecule has 0 radical (unpaired) electrons. The average Bonchev–Trinajstić information content (AvgIpc) is 3.53. The molecule has 1 amide bonds. The number of benzene rings is 3. The summed E-state index contributed by atoms with van der Waals surface area (Å²) < 4.78 is 41.3. The van der Waals surface area contributed by atoms with E-state index in [0.29, 0.717) is 30.7 Å². The van der Waals surface area contributed by atoms with Gasteiger partial charge in [-0.3, -0.25) is 4.79 Å². The summed E-state index contributed by atoms with van der Waals surface area (Å²) in [4.78, 5) is 13.2. The molecular formula is C26H23F2NO4. The Bertz CT molecular complexity index is 1220. The lowest BCUT2D eigenvalue weighted by atomic mass is 9.94. The Labute approximate surface area is 190 Å². The van der Waals surface area contributed by atoms with Crippen LogP contribution in [-0.4, -0.2) is 18.8 Å². The van der Waals surface area contributed by atoms with Crippen molar-refractivity contribution in [2.45, 2.75) is 38.4 Å². The minimum absolute atomic E-state index is 0.0292. The summed E-state index contributed by atoms with van der Waals surface area (Å²) in [5, 5.41) is 3.01. The molecule has 1 saturated carbocycles. The molecule has 1 aliphatic heterocycles. The zero-order chi connectivity index (χ0) is 23.2. The van der Waals surface area contributed by atoms with Crippen LogP contribution in [0.15, 0.2) is 60.7 Å². The highest BCUT2D eigenvalue weighted by Gasteiger charge is 2.52. The molecule has 0 saturated heterocycles. The van der Waals surface area contributed by atoms with Gasteiger partial charge in [0.25, 0.3) is 0 Å². The van der Waals surface area contributed by atoms with Crippen LogP contribution in [0.3, 0.4) is 0 Å². The third-order valence-electron chi connectivity index (χ3n) is 6.11. The van der Waals surface area contributed by atoms with Gasteiger partial charge in [-0.05, 0) is 85.3 Å². The molecule has 1 N–H and O–H groups in total. The fraction of sp³-hybridized carbons (Fsp3) is 0.269. The van der Waals surface area contributed by atoms with E-state index in [1.54, 1.807) is 6.07 Å². The zero-order valence-electron chi connectivity index (χ0n) is 18.3. The van der Waals surface area contributed by atoms with Gasteiger partial charge >= 0.3 is 6.29 Å². The summed E-state index contributed by atoms with van der Waals surface area (Å²) in [6, 6.07) is 18.1. The van der Waals surface area contributed by atoms with Crippen LogP contribution >= 0.6 is 0 Å². The van der Waals surface area contributed by atoms with E-state index in [4.69, 9.17) is 4.74 Å². The van der Waals surface area contributed by atoms with Crippen LogP contribution in [0, 0.1) is 6.92 Å². The number of ether oxygens (including phenoxy) is 3. The summed E-state index contributed by atoms with van der Waals surface area (Å²) in [6.45, 7) is 4.56. The van der Waals surface area contributed by atoms with Crippen molar-refractivity contribution >= 4 is 11.6 Å². The highest BCUT2D eigenvalue weighted by molar-refractivity contribution is 6.02. The van der Waals surface area contributed by atoms with E-state index in [2.05, 4.69) is 14.8 Å². The summed E-state index contributed by atoms with van der Waals surface area (Å²) >= 11 is 0. The third-order valence-corrected chi connectivity index (χ3v) is 6.11. The molecule has 1 heterocycles. The van der Waals surface area contributed by atoms with E-state index < -0.39 is 11.7 Å². The molecule has 7 heteroatoms. The Balaban J connectivity index is 1.37. The number of anilines is 1. The molecule has 33 heavy (non-hydrogen) atoms. The first-order chi connectivity index (χ1) is 15.8. The van der Waals surface area contributed by atoms with E-state index in [9.17, 15) is 13.6 Å². The number of rotatable bonds is 6. The number of nitrogens with one attached hydrogen (secondary N) is 1. The summed E-state index contributed by atoms with van der Waals surface area (Å²) in [5.74, 6) is 0.554. The number of carbonyl (C=O) groups excluding carboxylic acids is 1. The van der Waals surface area contributed by atoms with E-state index >= 15 is 0 Å². The normalized spacial score (nSPS) is 16.8. The van der Waals surface area contributed by atoms with Gasteiger partial charge in [0.2, 0.25) is 5.91 Å². The molecule has 0 aromatic heterocycles. The lowest BCUT2D eigenvalue weighted by molar-refractivity contribution is -0.286. The number of carbonyl (C=O) groups is 1. The van der Waals surface area contributed by atoms with Crippen LogP contribution in [0.1, 0.15) is 30.9 Å². The van der Waals surface area contributed by atoms with Gasteiger partial charge in [0.1, 0.15) is 5.75 Å². The first-order valence-corrected chi connectivity index (χ1v) is 10.9. The molecule has 2 aliphatic rings. The van der Waals surface area contributed by atoms with Gasteiger partial charge in [-0.15, -0.1) is 8.78 Å². The lowest BCUT2D eigenvalue weighted by Crippen LogP contribution is -2.28. The zero-order valence-corrected chi connectivity index (χ0v) is 18.3. The first kappa shape index (κ1) is 21.2. The number of fused-ring (bicyclic) bond motifs is 1. The summed E-state index contributed by atoms with van der Waals surface area (Å²) in [6.07, 6.45) is -2.42. The van der Waals surface area contributed by atoms with E-state index in [1.807, 2.05) is 56.3 Å². The maximum absolute atomic E-state index is 13.4. The molecule has 3 aromatic rings. The van der Waals surface area contributed by atoms with Crippen molar-refractivity contribution in [3.8, 4) is 28.4 Å². The Morgan fingerprint density at radius 3 is 2.42 bits per heavy atom. The Morgan fingerprint density at radius 1 is 1.00 bits per heavy atom. The van der Waals surface area contributed by atoms with Crippen molar-refractivity contribution < 1.29 is 27.8 Å². The van der Waals surface area contributed by atoms with Crippen LogP contribution in [0.4, 0.5) is 14.5 Å². The highest BCUT2D eigenvalue weighted by atomic mass is 19.3. The van der Waals surface area contributed by atoms with Crippen LogP contribution < -0.4 is 19.5 Å². The molecule has 3 aromatic carbocycles. The molecule has 1 aliphatic carbocycles. The third kappa shape index (κ3) is 3.99. The molecular weight excluding hydrogens is 428 g/mol. The molecule has 5 rings (SSSR count). The number of alkyl halides is 2. The predicted octanol–water partition coefficient (Wildman–Crippen LogP) is 6.05. The Kier molecular flexibility index (Phi) is 5.00. The smallest absolute Gasteiger partial charge is 0.494 e. The van der Waals surface area contributed by atoms with Crippen LogP contribution in [0.25, 0.3) is 11.1 Å². The minimum atomic E-state index is -3.68. The first-order valence-electron chi connectivity index (χ1n) is 10.9. The standard InChI is InChI=1S/C26H23F2NO4/c1-3-31-20-9-5-17(6-10-20)21-15-19(8-4-16(21)2)29-24(30)25(12-13-25)18-7-11-22-23(14-18)33-26(27,28)32-22/h4-11,14-15H,3,12-13H2,1-2H3,(H,29,30). The van der Waals surface area contributed by atoms with Crippen molar-refractivity contribution in [3.05, 3.63) is 71.8 Å². The van der Waals surface area contributed by atoms with Gasteiger partial charge in [-0.25, -0.2) is 0 Å². The molecule has 0 unspecified atom stereocenters. The Morgan fingerprint density at radius 2 is 1.73 bits per heavy atom. The quantitative estimate of drug-likeness (QED) is 0.496. The van der Waals surface area contributed by atoms with Crippen molar-refractivity contribution in [2.75, 3.05) is 11.9 Å². The average molecular weight is 451 g/mol. The number of halogens is 2. The van der Waals surface area contributed by atoms with E-state index in [1.165, 1.54) is 12.1 Å². The topological polar surface area (TPSA) is 56.8 Å². The van der Waals surface area contributed by atoms with Crippen LogP contribution in [-0.2, 0) is 10.2 Å². The Hall–Kier alpha value is -3.61. The second kappa shape index (κ2) is 7.76. The summed E-state index contributed by atoms with van der Waals surface area (Å²) in [5.41, 5.74) is 3.65. The SMILES string of the molecule is CCOc1ccc(-c2cc(NC(=O)C3(c4ccc5c(c4)OC(F)(F)O5)CC3)ccc2C)cc1. The monoisotopic (exact) mass is 451 g/mol. The molecule has 170 valence electrons. The maximum Gasteiger partial charge on any atom is 0.586 e. The van der Waals surface area contributed by atoms with Crippen molar-refractivity contribution in [1.82, 2.24) is 0 Å². The lowest BCUT2D eigenvalue weighted by Gasteiger charge is -2.17. The van der Waals surface area contributed by atoms with Gasteiger partial charge in [0, 0.05) is 5.69 Å². The van der Waals surface area contributed by atoms with Gasteiger partial charge < -0.3 is 19.5 Å². The maximum atomic E-state index is 13.4. The molecule has 0 atom stereocenters. The van der Waals surface area contributed by atoms with Gasteiger partial charge in [-0.2, -0.15) is 0 Å². The second-order valence-corrected chi connectivity index (χ2v) is 8.35. The van der Waals surface area contributed by atoms with Crippen LogP contribution in [0.2, 0.25) is 0 Å². The van der Waals surface area contributed by atoms with Gasteiger partial charge in [0.05, 0.1) is 12.0 Å². The minimum Gasteiger partial charge on any atom is -0.494 e. The second-order valence-electron chi connectivity index (χ2n) is 8.35. The van der Waals surface area contributed by atoms with Gasteiger partial charge in [-0.1, -0.05) is 24.3 Å². The number of amides is 1. The molecule has 0 spiro atoms. The molecule has 5 nitrogen and oxygen atoms in total. The van der Waals surface area contributed by atoms with E-state index in [0.717, 1.165) is 22.4 Å². The van der Waals surface area contributed by atoms with Crippen LogP contribution in [0.5, 0.6) is 17.2 Å².